The Kier molecular flexibility index (Phi) is 3.44. The van der Waals surface area contributed by atoms with Crippen molar-refractivity contribution in [3.8, 4) is 0 Å². The fourth-order valence-electron chi connectivity index (χ4n) is 3.67. The molecule has 2 aromatic heterocycles. The maximum absolute atomic E-state index is 12.4. The number of amides is 1. The Labute approximate surface area is 135 Å². The normalized spacial score (nSPS) is 23.0. The summed E-state index contributed by atoms with van der Waals surface area (Å²) in [6, 6.07) is 5.71. The largest absolute Gasteiger partial charge is 0.350 e. The molecule has 0 aromatic carbocycles. The number of hydrogen-bond acceptors (Lipinski definition) is 5. The first kappa shape index (κ1) is 14.1. The molecule has 23 heavy (non-hydrogen) atoms. The van der Waals surface area contributed by atoms with E-state index in [1.54, 1.807) is 24.8 Å². The molecule has 1 amide bonds. The predicted molar refractivity (Wildman–Crippen MR) is 85.9 cm³/mol. The van der Waals surface area contributed by atoms with Crippen LogP contribution in [-0.2, 0) is 4.79 Å². The standard InChI is InChI=1S/C17H19N5O/c23-15-14(13-2-8-18-9-3-13)12-17(21-15)4-10-22(11-5-17)16-19-6-1-7-20-16/h1-3,6-9,14H,4-5,10-12H2,(H,21,23)/t14-/m1/s1. The van der Waals surface area contributed by atoms with Crippen LogP contribution < -0.4 is 10.2 Å². The van der Waals surface area contributed by atoms with Crippen LogP contribution in [0, 0.1) is 0 Å². The topological polar surface area (TPSA) is 71.0 Å². The maximum atomic E-state index is 12.4. The van der Waals surface area contributed by atoms with E-state index < -0.39 is 0 Å². The molecular formula is C17H19N5O. The van der Waals surface area contributed by atoms with Gasteiger partial charge < -0.3 is 10.2 Å². The molecule has 0 aliphatic carbocycles. The molecule has 2 saturated heterocycles. The smallest absolute Gasteiger partial charge is 0.228 e. The van der Waals surface area contributed by atoms with Crippen molar-refractivity contribution < 1.29 is 4.79 Å². The summed E-state index contributed by atoms with van der Waals surface area (Å²) in [5, 5.41) is 3.26. The van der Waals surface area contributed by atoms with Crippen molar-refractivity contribution >= 4 is 11.9 Å². The third-order valence-electron chi connectivity index (χ3n) is 4.96. The summed E-state index contributed by atoms with van der Waals surface area (Å²) < 4.78 is 0. The molecule has 6 nitrogen and oxygen atoms in total. The highest BCUT2D eigenvalue weighted by atomic mass is 16.2. The summed E-state index contributed by atoms with van der Waals surface area (Å²) in [5.41, 5.74) is 0.972. The average molecular weight is 309 g/mol. The lowest BCUT2D eigenvalue weighted by atomic mass is 9.82. The number of nitrogens with zero attached hydrogens (tertiary/aromatic N) is 4. The fourth-order valence-corrected chi connectivity index (χ4v) is 3.67. The Bertz CT molecular complexity index is 683. The monoisotopic (exact) mass is 309 g/mol. The summed E-state index contributed by atoms with van der Waals surface area (Å²) in [6.45, 7) is 1.74. The zero-order chi connectivity index (χ0) is 15.7. The van der Waals surface area contributed by atoms with Crippen LogP contribution in [0.1, 0.15) is 30.7 Å². The molecule has 0 saturated carbocycles. The van der Waals surface area contributed by atoms with Crippen LogP contribution in [0.15, 0.2) is 43.0 Å². The quantitative estimate of drug-likeness (QED) is 0.910. The van der Waals surface area contributed by atoms with Crippen LogP contribution in [0.2, 0.25) is 0 Å². The number of aromatic nitrogens is 3. The molecule has 2 aromatic rings. The van der Waals surface area contributed by atoms with Gasteiger partial charge in [-0.05, 0) is 43.0 Å². The van der Waals surface area contributed by atoms with Gasteiger partial charge in [-0.2, -0.15) is 0 Å². The Hall–Kier alpha value is -2.50. The Morgan fingerprint density at radius 3 is 2.48 bits per heavy atom. The molecule has 4 heterocycles. The molecule has 4 rings (SSSR count). The van der Waals surface area contributed by atoms with Gasteiger partial charge >= 0.3 is 0 Å². The number of piperidine rings is 1. The summed E-state index contributed by atoms with van der Waals surface area (Å²) in [5.74, 6) is 0.857. The molecular weight excluding hydrogens is 290 g/mol. The number of nitrogens with one attached hydrogen (secondary N) is 1. The Morgan fingerprint density at radius 1 is 1.09 bits per heavy atom. The summed E-state index contributed by atoms with van der Waals surface area (Å²) in [6.07, 6.45) is 9.76. The summed E-state index contributed by atoms with van der Waals surface area (Å²) in [7, 11) is 0. The maximum Gasteiger partial charge on any atom is 0.228 e. The van der Waals surface area contributed by atoms with Crippen LogP contribution in [0.4, 0.5) is 5.95 Å². The molecule has 118 valence electrons. The van der Waals surface area contributed by atoms with Crippen LogP contribution in [0.25, 0.3) is 0 Å². The van der Waals surface area contributed by atoms with Gasteiger partial charge in [-0.25, -0.2) is 9.97 Å². The number of carbonyl (C=O) groups excluding carboxylic acids is 1. The van der Waals surface area contributed by atoms with Gasteiger partial charge in [0.2, 0.25) is 11.9 Å². The summed E-state index contributed by atoms with van der Waals surface area (Å²) in [4.78, 5) is 27.3. The van der Waals surface area contributed by atoms with Gasteiger partial charge in [0.05, 0.1) is 5.92 Å². The van der Waals surface area contributed by atoms with Gasteiger partial charge in [-0.1, -0.05) is 0 Å². The molecule has 1 N–H and O–H groups in total. The first-order valence-corrected chi connectivity index (χ1v) is 8.00. The van der Waals surface area contributed by atoms with Gasteiger partial charge in [0.25, 0.3) is 0 Å². The highest BCUT2D eigenvalue weighted by molar-refractivity contribution is 5.87. The van der Waals surface area contributed by atoms with Crippen molar-refractivity contribution in [2.24, 2.45) is 0 Å². The number of pyridine rings is 1. The van der Waals surface area contributed by atoms with Gasteiger partial charge in [0.15, 0.2) is 0 Å². The molecule has 2 aliphatic heterocycles. The molecule has 2 fully saturated rings. The predicted octanol–water partition coefficient (Wildman–Crippen LogP) is 1.51. The lowest BCUT2D eigenvalue weighted by Crippen LogP contribution is -2.51. The number of carbonyl (C=O) groups is 1. The van der Waals surface area contributed by atoms with Crippen molar-refractivity contribution in [1.29, 1.82) is 0 Å². The molecule has 0 radical (unpaired) electrons. The third-order valence-corrected chi connectivity index (χ3v) is 4.96. The minimum atomic E-state index is -0.0870. The number of hydrogen-bond donors (Lipinski definition) is 1. The van der Waals surface area contributed by atoms with Crippen molar-refractivity contribution in [1.82, 2.24) is 20.3 Å². The van der Waals surface area contributed by atoms with Gasteiger partial charge in [0.1, 0.15) is 0 Å². The third kappa shape index (κ3) is 2.65. The minimum absolute atomic E-state index is 0.0578. The first-order valence-electron chi connectivity index (χ1n) is 8.00. The molecule has 1 spiro atoms. The second-order valence-corrected chi connectivity index (χ2v) is 6.34. The van der Waals surface area contributed by atoms with E-state index in [1.165, 1.54) is 0 Å². The van der Waals surface area contributed by atoms with E-state index in [0.717, 1.165) is 43.9 Å². The second-order valence-electron chi connectivity index (χ2n) is 6.34. The molecule has 1 atom stereocenters. The van der Waals surface area contributed by atoms with Crippen molar-refractivity contribution in [3.05, 3.63) is 48.5 Å². The van der Waals surface area contributed by atoms with E-state index in [0.29, 0.717) is 0 Å². The van der Waals surface area contributed by atoms with Crippen molar-refractivity contribution in [3.63, 3.8) is 0 Å². The fraction of sp³-hybridized carbons (Fsp3) is 0.412. The first-order chi connectivity index (χ1) is 11.3. The molecule has 0 unspecified atom stereocenters. The van der Waals surface area contributed by atoms with Crippen LogP contribution >= 0.6 is 0 Å². The number of rotatable bonds is 2. The van der Waals surface area contributed by atoms with E-state index in [-0.39, 0.29) is 17.4 Å². The van der Waals surface area contributed by atoms with Crippen LogP contribution in [-0.4, -0.2) is 39.5 Å². The Balaban J connectivity index is 1.47. The second kappa shape index (κ2) is 5.61. The van der Waals surface area contributed by atoms with Crippen LogP contribution in [0.5, 0.6) is 0 Å². The highest BCUT2D eigenvalue weighted by Gasteiger charge is 2.46. The van der Waals surface area contributed by atoms with Gasteiger partial charge in [-0.3, -0.25) is 9.78 Å². The number of anilines is 1. The van der Waals surface area contributed by atoms with Crippen LogP contribution in [0.3, 0.4) is 0 Å². The SMILES string of the molecule is O=C1NC2(CCN(c3ncccn3)CC2)C[C@@H]1c1ccncc1. The Morgan fingerprint density at radius 2 is 1.78 bits per heavy atom. The van der Waals surface area contributed by atoms with E-state index in [2.05, 4.69) is 25.2 Å². The average Bonchev–Trinajstić information content (AvgIpc) is 2.93. The van der Waals surface area contributed by atoms with E-state index in [4.69, 9.17) is 0 Å². The van der Waals surface area contributed by atoms with Gasteiger partial charge in [0, 0.05) is 43.4 Å². The lowest BCUT2D eigenvalue weighted by molar-refractivity contribution is -0.121. The van der Waals surface area contributed by atoms with E-state index in [9.17, 15) is 4.79 Å². The molecule has 0 bridgehead atoms. The van der Waals surface area contributed by atoms with Crippen molar-refractivity contribution in [2.45, 2.75) is 30.7 Å². The van der Waals surface area contributed by atoms with Crippen molar-refractivity contribution in [2.75, 3.05) is 18.0 Å². The van der Waals surface area contributed by atoms with E-state index in [1.807, 2.05) is 18.2 Å². The van der Waals surface area contributed by atoms with Gasteiger partial charge in [-0.15, -0.1) is 0 Å². The zero-order valence-corrected chi connectivity index (χ0v) is 12.9. The molecule has 2 aliphatic rings. The highest BCUT2D eigenvalue weighted by Crippen LogP contribution is 2.39. The van der Waals surface area contributed by atoms with E-state index >= 15 is 0 Å². The lowest BCUT2D eigenvalue weighted by Gasteiger charge is -2.39. The molecule has 6 heteroatoms. The minimum Gasteiger partial charge on any atom is -0.350 e. The summed E-state index contributed by atoms with van der Waals surface area (Å²) >= 11 is 0. The zero-order valence-electron chi connectivity index (χ0n) is 12.9.